The lowest BCUT2D eigenvalue weighted by molar-refractivity contribution is 0.339. The van der Waals surface area contributed by atoms with E-state index in [0.717, 1.165) is 12.8 Å². The molecule has 0 aromatic heterocycles. The zero-order valence-corrected chi connectivity index (χ0v) is 12.6. The minimum absolute atomic E-state index is 0.257. The maximum absolute atomic E-state index is 7.32. The molecule has 0 aliphatic carbocycles. The van der Waals surface area contributed by atoms with E-state index in [1.807, 2.05) is 13.0 Å². The second-order valence-corrected chi connectivity index (χ2v) is 6.29. The van der Waals surface area contributed by atoms with Crippen molar-refractivity contribution < 1.29 is 4.74 Å². The summed E-state index contributed by atoms with van der Waals surface area (Å²) in [7, 11) is 0. The van der Waals surface area contributed by atoms with Crippen molar-refractivity contribution in [3.05, 3.63) is 23.3 Å². The van der Waals surface area contributed by atoms with E-state index in [9.17, 15) is 0 Å². The van der Waals surface area contributed by atoms with Gasteiger partial charge in [0.2, 0.25) is 5.90 Å². The van der Waals surface area contributed by atoms with Crippen molar-refractivity contribution in [2.24, 2.45) is 0 Å². The van der Waals surface area contributed by atoms with Crippen LogP contribution in [0.3, 0.4) is 0 Å². The van der Waals surface area contributed by atoms with Crippen LogP contribution in [0.4, 0.5) is 0 Å². The summed E-state index contributed by atoms with van der Waals surface area (Å²) in [5.74, 6) is -0.351. The van der Waals surface area contributed by atoms with Crippen LogP contribution >= 0.6 is 34.8 Å². The molecule has 0 heterocycles. The number of nitrogens with one attached hydrogen (secondary N) is 1. The van der Waals surface area contributed by atoms with Gasteiger partial charge in [0.05, 0.1) is 0 Å². The molecule has 0 bridgehead atoms. The summed E-state index contributed by atoms with van der Waals surface area (Å²) in [5.41, 5.74) is 2.51. The SMILES string of the molecule is CC(C)=CCC/C(C)=C/COC(=N)C(Cl)(Cl)Cl. The van der Waals surface area contributed by atoms with Crippen molar-refractivity contribution in [2.45, 2.75) is 37.4 Å². The number of ether oxygens (including phenoxy) is 1. The Morgan fingerprint density at radius 1 is 1.18 bits per heavy atom. The zero-order valence-electron chi connectivity index (χ0n) is 10.3. The van der Waals surface area contributed by atoms with Crippen LogP contribution in [0, 0.1) is 5.41 Å². The number of alkyl halides is 3. The van der Waals surface area contributed by atoms with E-state index in [1.54, 1.807) is 0 Å². The molecule has 0 amide bonds. The predicted molar refractivity (Wildman–Crippen MR) is 76.4 cm³/mol. The number of hydrogen-bond acceptors (Lipinski definition) is 2. The first-order chi connectivity index (χ1) is 7.73. The van der Waals surface area contributed by atoms with Crippen molar-refractivity contribution in [2.75, 3.05) is 6.61 Å². The largest absolute Gasteiger partial charge is 0.474 e. The second-order valence-electron chi connectivity index (χ2n) is 4.01. The average Bonchev–Trinajstić information content (AvgIpc) is 2.15. The molecule has 0 aliphatic rings. The lowest BCUT2D eigenvalue weighted by Crippen LogP contribution is -2.21. The van der Waals surface area contributed by atoms with Crippen molar-refractivity contribution in [1.82, 2.24) is 0 Å². The monoisotopic (exact) mass is 297 g/mol. The van der Waals surface area contributed by atoms with Crippen LogP contribution in [0.1, 0.15) is 33.6 Å². The minimum Gasteiger partial charge on any atom is -0.474 e. The lowest BCUT2D eigenvalue weighted by atomic mass is 10.1. The second kappa shape index (κ2) is 8.02. The Morgan fingerprint density at radius 3 is 2.24 bits per heavy atom. The smallest absolute Gasteiger partial charge is 0.265 e. The van der Waals surface area contributed by atoms with Crippen molar-refractivity contribution in [3.63, 3.8) is 0 Å². The van der Waals surface area contributed by atoms with Gasteiger partial charge in [0.15, 0.2) is 0 Å². The maximum atomic E-state index is 7.32. The highest BCUT2D eigenvalue weighted by atomic mass is 35.6. The Kier molecular flexibility index (Phi) is 7.93. The predicted octanol–water partition coefficient (Wildman–Crippen LogP) is 5.04. The highest BCUT2D eigenvalue weighted by Crippen LogP contribution is 2.27. The molecule has 0 aliphatic heterocycles. The van der Waals surface area contributed by atoms with Crippen LogP contribution in [-0.4, -0.2) is 16.3 Å². The van der Waals surface area contributed by atoms with Gasteiger partial charge in [-0.2, -0.15) is 0 Å². The van der Waals surface area contributed by atoms with Crippen LogP contribution in [0.2, 0.25) is 0 Å². The fourth-order valence-corrected chi connectivity index (χ4v) is 1.20. The lowest BCUT2D eigenvalue weighted by Gasteiger charge is -2.12. The Bertz CT molecular complexity index is 312. The molecular weight excluding hydrogens is 280 g/mol. The highest BCUT2D eigenvalue weighted by Gasteiger charge is 2.28. The molecule has 17 heavy (non-hydrogen) atoms. The van der Waals surface area contributed by atoms with Crippen LogP contribution < -0.4 is 0 Å². The van der Waals surface area contributed by atoms with Gasteiger partial charge in [-0.15, -0.1) is 0 Å². The first kappa shape index (κ1) is 16.8. The van der Waals surface area contributed by atoms with Gasteiger partial charge in [-0.1, -0.05) is 52.0 Å². The summed E-state index contributed by atoms with van der Waals surface area (Å²) in [6.45, 7) is 6.42. The van der Waals surface area contributed by atoms with Gasteiger partial charge in [-0.05, 0) is 39.7 Å². The van der Waals surface area contributed by atoms with E-state index in [4.69, 9.17) is 44.9 Å². The van der Waals surface area contributed by atoms with Gasteiger partial charge in [0.1, 0.15) is 6.61 Å². The topological polar surface area (TPSA) is 33.1 Å². The van der Waals surface area contributed by atoms with Gasteiger partial charge in [0.25, 0.3) is 3.79 Å². The third-order valence-corrected chi connectivity index (χ3v) is 2.52. The number of hydrogen-bond donors (Lipinski definition) is 1. The molecule has 0 spiro atoms. The Labute approximate surface area is 118 Å². The number of allylic oxidation sites excluding steroid dienone is 3. The summed E-state index contributed by atoms with van der Waals surface area (Å²) in [5, 5.41) is 7.32. The molecule has 0 saturated heterocycles. The molecule has 0 radical (unpaired) electrons. The third kappa shape index (κ3) is 9.51. The van der Waals surface area contributed by atoms with E-state index in [2.05, 4.69) is 19.9 Å². The van der Waals surface area contributed by atoms with E-state index < -0.39 is 3.79 Å². The van der Waals surface area contributed by atoms with E-state index in [0.29, 0.717) is 0 Å². The van der Waals surface area contributed by atoms with Gasteiger partial charge in [-0.3, -0.25) is 5.41 Å². The zero-order chi connectivity index (χ0) is 13.5. The van der Waals surface area contributed by atoms with Crippen LogP contribution in [-0.2, 0) is 4.74 Å². The van der Waals surface area contributed by atoms with E-state index >= 15 is 0 Å². The summed E-state index contributed by atoms with van der Waals surface area (Å²) in [6, 6.07) is 0. The maximum Gasteiger partial charge on any atom is 0.265 e. The first-order valence-corrected chi connectivity index (χ1v) is 6.44. The van der Waals surface area contributed by atoms with Crippen molar-refractivity contribution in [1.29, 1.82) is 5.41 Å². The van der Waals surface area contributed by atoms with Crippen LogP contribution in [0.15, 0.2) is 23.3 Å². The summed E-state index contributed by atoms with van der Waals surface area (Å²) in [6.07, 6.45) is 6.05. The Balaban J connectivity index is 3.93. The molecule has 0 aromatic carbocycles. The number of halogens is 3. The van der Waals surface area contributed by atoms with Crippen LogP contribution in [0.5, 0.6) is 0 Å². The standard InChI is InChI=1S/C12H18Cl3NO/c1-9(2)5-4-6-10(3)7-8-17-11(16)12(13,14)15/h5,7,16H,4,6,8H2,1-3H3/b10-7+,16-11?. The molecule has 0 fully saturated rings. The molecule has 0 rings (SSSR count). The van der Waals surface area contributed by atoms with Crippen LogP contribution in [0.25, 0.3) is 0 Å². The summed E-state index contributed by atoms with van der Waals surface area (Å²) in [4.78, 5) is 0. The van der Waals surface area contributed by atoms with Gasteiger partial charge in [0, 0.05) is 0 Å². The van der Waals surface area contributed by atoms with E-state index in [-0.39, 0.29) is 12.5 Å². The van der Waals surface area contributed by atoms with Gasteiger partial charge >= 0.3 is 0 Å². The first-order valence-electron chi connectivity index (χ1n) is 5.31. The fraction of sp³-hybridized carbons (Fsp3) is 0.583. The quantitative estimate of drug-likeness (QED) is 0.328. The Hall–Kier alpha value is -0.180. The highest BCUT2D eigenvalue weighted by molar-refractivity contribution is 6.76. The van der Waals surface area contributed by atoms with Crippen molar-refractivity contribution >= 4 is 40.7 Å². The molecule has 5 heteroatoms. The number of rotatable bonds is 5. The average molecular weight is 299 g/mol. The Morgan fingerprint density at radius 2 is 1.76 bits per heavy atom. The summed E-state index contributed by atoms with van der Waals surface area (Å²) < 4.78 is 3.23. The molecule has 1 N–H and O–H groups in total. The minimum atomic E-state index is -1.77. The van der Waals surface area contributed by atoms with Crippen molar-refractivity contribution in [3.8, 4) is 0 Å². The molecular formula is C12H18Cl3NO. The summed E-state index contributed by atoms with van der Waals surface area (Å²) >= 11 is 16.4. The molecule has 98 valence electrons. The molecule has 0 unspecified atom stereocenters. The molecule has 0 atom stereocenters. The van der Waals surface area contributed by atoms with E-state index in [1.165, 1.54) is 11.1 Å². The third-order valence-electron chi connectivity index (χ3n) is 2.01. The van der Waals surface area contributed by atoms with Gasteiger partial charge < -0.3 is 4.74 Å². The van der Waals surface area contributed by atoms with Gasteiger partial charge in [-0.25, -0.2) is 0 Å². The molecule has 2 nitrogen and oxygen atoms in total. The molecule has 0 saturated carbocycles. The normalized spacial score (nSPS) is 12.2. The fourth-order valence-electron chi connectivity index (χ4n) is 1.04. The molecule has 0 aromatic rings.